The molecule has 34 heavy (non-hydrogen) atoms. The lowest BCUT2D eigenvalue weighted by molar-refractivity contribution is -0.145. The number of rotatable bonds is 8. The number of aliphatic carboxylic acids is 1. The molecule has 2 N–H and O–H groups in total. The summed E-state index contributed by atoms with van der Waals surface area (Å²) in [4.78, 5) is 15.3. The van der Waals surface area contributed by atoms with Crippen LogP contribution in [0.3, 0.4) is 0 Å². The van der Waals surface area contributed by atoms with Crippen LogP contribution >= 0.6 is 0 Å². The largest absolute Gasteiger partial charge is 0.507 e. The van der Waals surface area contributed by atoms with E-state index in [1.165, 1.54) is 12.8 Å². The molecule has 180 valence electrons. The van der Waals surface area contributed by atoms with Gasteiger partial charge in [0.2, 0.25) is 5.69 Å². The molecule has 7 nitrogen and oxygen atoms in total. The molecule has 1 saturated carbocycles. The highest BCUT2D eigenvalue weighted by Gasteiger charge is 2.31. The van der Waals surface area contributed by atoms with E-state index < -0.39 is 11.9 Å². The molecule has 2 fully saturated rings. The highest BCUT2D eigenvalue weighted by molar-refractivity contribution is 5.79. The van der Waals surface area contributed by atoms with Gasteiger partial charge in [0.25, 0.3) is 0 Å². The molecule has 0 radical (unpaired) electrons. The van der Waals surface area contributed by atoms with Crippen LogP contribution in [0.25, 0.3) is 16.0 Å². The summed E-state index contributed by atoms with van der Waals surface area (Å²) in [5.41, 5.74) is 5.27. The minimum atomic E-state index is -0.801. The van der Waals surface area contributed by atoms with Gasteiger partial charge in [0.15, 0.2) is 0 Å². The van der Waals surface area contributed by atoms with Crippen LogP contribution in [0.2, 0.25) is 0 Å². The van der Waals surface area contributed by atoms with Gasteiger partial charge in [0, 0.05) is 12.3 Å². The number of nitrogens with zero attached hydrogens (tertiary/aromatic N) is 1. The lowest BCUT2D eigenvalue weighted by Crippen LogP contribution is -2.42. The molecule has 2 unspecified atom stereocenters. The van der Waals surface area contributed by atoms with E-state index in [4.69, 9.17) is 20.8 Å². The van der Waals surface area contributed by atoms with Crippen molar-refractivity contribution in [2.45, 2.75) is 57.8 Å². The second-order valence-corrected chi connectivity index (χ2v) is 9.05. The topological polar surface area (TPSA) is 81.4 Å². The molecular weight excluding hydrogens is 432 g/mol. The van der Waals surface area contributed by atoms with Gasteiger partial charge in [0.05, 0.1) is 45.0 Å². The molecule has 2 aromatic carbocycles. The summed E-state index contributed by atoms with van der Waals surface area (Å²) in [5, 5.41) is 13.0. The van der Waals surface area contributed by atoms with Crippen molar-refractivity contribution in [1.29, 1.82) is 0 Å². The van der Waals surface area contributed by atoms with E-state index in [-0.39, 0.29) is 12.1 Å². The van der Waals surface area contributed by atoms with Crippen LogP contribution in [-0.2, 0) is 20.9 Å². The molecule has 1 aliphatic carbocycles. The monoisotopic (exact) mass is 464 g/mol. The van der Waals surface area contributed by atoms with E-state index in [9.17, 15) is 9.90 Å². The van der Waals surface area contributed by atoms with Crippen molar-refractivity contribution in [2.24, 2.45) is 5.92 Å². The van der Waals surface area contributed by atoms with Crippen molar-refractivity contribution >= 4 is 17.3 Å². The van der Waals surface area contributed by atoms with E-state index in [1.807, 2.05) is 31.2 Å². The fourth-order valence-electron chi connectivity index (χ4n) is 5.03. The minimum absolute atomic E-state index is 0.271. The Bertz CT molecular complexity index is 1070. The van der Waals surface area contributed by atoms with E-state index in [0.29, 0.717) is 37.7 Å². The van der Waals surface area contributed by atoms with Gasteiger partial charge in [-0.05, 0) is 60.6 Å². The molecule has 1 aliphatic heterocycles. The Kier molecular flexibility index (Phi) is 7.71. The van der Waals surface area contributed by atoms with Gasteiger partial charge in [0.1, 0.15) is 5.75 Å². The molecule has 0 bridgehead atoms. The van der Waals surface area contributed by atoms with Crippen molar-refractivity contribution < 1.29 is 24.1 Å². The van der Waals surface area contributed by atoms with Gasteiger partial charge in [-0.25, -0.2) is 4.85 Å². The lowest BCUT2D eigenvalue weighted by atomic mass is 9.93. The summed E-state index contributed by atoms with van der Waals surface area (Å²) in [7, 11) is 1.59. The Balaban J connectivity index is 1.67. The predicted molar refractivity (Wildman–Crippen MR) is 130 cm³/mol. The van der Waals surface area contributed by atoms with Crippen LogP contribution in [0.15, 0.2) is 30.3 Å². The molecule has 0 aromatic heterocycles. The maximum absolute atomic E-state index is 11.7. The number of ether oxygens (including phenoxy) is 3. The first kappa shape index (κ1) is 24.1. The number of methoxy groups -OCH3 is 1. The maximum Gasteiger partial charge on any atom is 0.308 e. The molecule has 2 aromatic rings. The fraction of sp³-hybridized carbons (Fsp3) is 0.481. The van der Waals surface area contributed by atoms with Crippen LogP contribution in [0, 0.1) is 19.4 Å². The average molecular weight is 465 g/mol. The number of carbonyl (C=O) groups is 1. The molecule has 1 heterocycles. The lowest BCUT2D eigenvalue weighted by Gasteiger charge is -2.30. The molecule has 2 atom stereocenters. The van der Waals surface area contributed by atoms with E-state index in [2.05, 4.69) is 10.2 Å². The molecule has 1 saturated heterocycles. The van der Waals surface area contributed by atoms with Crippen LogP contribution in [0.5, 0.6) is 5.75 Å². The Morgan fingerprint density at radius 2 is 1.97 bits per heavy atom. The second-order valence-electron chi connectivity index (χ2n) is 9.05. The second kappa shape index (κ2) is 10.9. The summed E-state index contributed by atoms with van der Waals surface area (Å²) >= 11 is 0. The third-order valence-electron chi connectivity index (χ3n) is 6.91. The number of anilines is 1. The molecule has 7 heteroatoms. The van der Waals surface area contributed by atoms with Crippen molar-refractivity contribution in [3.05, 3.63) is 52.9 Å². The normalized spacial score (nSPS) is 20.6. The van der Waals surface area contributed by atoms with E-state index in [1.54, 1.807) is 13.2 Å². The van der Waals surface area contributed by atoms with Crippen molar-refractivity contribution in [1.82, 2.24) is 0 Å². The Morgan fingerprint density at radius 1 is 1.21 bits per heavy atom. The summed E-state index contributed by atoms with van der Waals surface area (Å²) in [5.74, 6) is -0.704. The van der Waals surface area contributed by atoms with Gasteiger partial charge in [-0.1, -0.05) is 31.0 Å². The summed E-state index contributed by atoms with van der Waals surface area (Å²) < 4.78 is 17.4. The number of benzene rings is 2. The zero-order chi connectivity index (χ0) is 24.1. The Hall–Kier alpha value is -3.08. The van der Waals surface area contributed by atoms with Crippen molar-refractivity contribution in [3.63, 3.8) is 0 Å². The standard InChI is InChI=1S/C27H32N2O5/c1-17-21(10-11-24(28-2)26(17)32-3)22-9-8-19(14-18(22)15-34-20-6-4-5-7-20)29-25-16-33-13-12-23(25)27(30)31/h8-11,14,20,23,25,29H,4-7,12-13,15-16H2,1,3H3,(H,30,31). The van der Waals surface area contributed by atoms with Crippen molar-refractivity contribution in [2.75, 3.05) is 25.6 Å². The Labute approximate surface area is 200 Å². The SMILES string of the molecule is [C-]#[N+]c1ccc(-c2ccc(NC3COCCC3C(=O)O)cc2COC2CCCC2)c(C)c1OC. The first-order valence-electron chi connectivity index (χ1n) is 11.9. The van der Waals surface area contributed by atoms with Crippen LogP contribution < -0.4 is 10.1 Å². The first-order valence-corrected chi connectivity index (χ1v) is 11.9. The smallest absolute Gasteiger partial charge is 0.308 e. The summed E-state index contributed by atoms with van der Waals surface area (Å²) in [6.07, 6.45) is 5.33. The zero-order valence-corrected chi connectivity index (χ0v) is 19.8. The van der Waals surface area contributed by atoms with E-state index in [0.717, 1.165) is 40.8 Å². The van der Waals surface area contributed by atoms with Gasteiger partial charge in [-0.15, -0.1) is 0 Å². The van der Waals surface area contributed by atoms with Crippen LogP contribution in [-0.4, -0.2) is 43.5 Å². The van der Waals surface area contributed by atoms with Crippen LogP contribution in [0.1, 0.15) is 43.2 Å². The number of hydrogen-bond acceptors (Lipinski definition) is 5. The third kappa shape index (κ3) is 5.19. The average Bonchev–Trinajstić information content (AvgIpc) is 3.37. The molecule has 0 spiro atoms. The Morgan fingerprint density at radius 3 is 2.68 bits per heavy atom. The highest BCUT2D eigenvalue weighted by atomic mass is 16.5. The van der Waals surface area contributed by atoms with Gasteiger partial charge in [-0.3, -0.25) is 4.79 Å². The third-order valence-corrected chi connectivity index (χ3v) is 6.91. The fourth-order valence-corrected chi connectivity index (χ4v) is 5.03. The van der Waals surface area contributed by atoms with Gasteiger partial charge in [-0.2, -0.15) is 0 Å². The predicted octanol–water partition coefficient (Wildman–Crippen LogP) is 5.58. The molecular formula is C27H32N2O5. The minimum Gasteiger partial charge on any atom is -0.507 e. The molecule has 0 amide bonds. The first-order chi connectivity index (χ1) is 16.5. The zero-order valence-electron chi connectivity index (χ0n) is 19.8. The highest BCUT2D eigenvalue weighted by Crippen LogP contribution is 2.40. The molecule has 4 rings (SSSR count). The maximum atomic E-state index is 11.7. The van der Waals surface area contributed by atoms with Crippen molar-refractivity contribution in [3.8, 4) is 16.9 Å². The number of hydrogen-bond donors (Lipinski definition) is 2. The number of carboxylic acid groups (broad SMARTS) is 1. The number of nitrogens with one attached hydrogen (secondary N) is 1. The molecule has 2 aliphatic rings. The quantitative estimate of drug-likeness (QED) is 0.496. The van der Waals surface area contributed by atoms with Crippen LogP contribution in [0.4, 0.5) is 11.4 Å². The summed E-state index contributed by atoms with van der Waals surface area (Å²) in [6.45, 7) is 10.7. The number of carboxylic acids is 1. The summed E-state index contributed by atoms with van der Waals surface area (Å²) in [6, 6.07) is 9.51. The van der Waals surface area contributed by atoms with Gasteiger partial charge < -0.3 is 24.6 Å². The van der Waals surface area contributed by atoms with E-state index >= 15 is 0 Å². The van der Waals surface area contributed by atoms with Gasteiger partial charge >= 0.3 is 5.97 Å².